The Hall–Kier alpha value is -2.40. The van der Waals surface area contributed by atoms with Crippen LogP contribution in [0.5, 0.6) is 0 Å². The number of hydrogen-bond donors (Lipinski definition) is 2. The molecule has 1 aromatic rings. The van der Waals surface area contributed by atoms with Crippen LogP contribution in [0, 0.1) is 0 Å². The Morgan fingerprint density at radius 3 is 2.62 bits per heavy atom. The van der Waals surface area contributed by atoms with Crippen LogP contribution >= 0.6 is 0 Å². The molecule has 1 rings (SSSR count). The Balaban J connectivity index is 2.33. The highest BCUT2D eigenvalue weighted by molar-refractivity contribution is 5.87. The highest BCUT2D eigenvalue weighted by Gasteiger charge is 2.05. The topological polar surface area (TPSA) is 69.6 Å². The summed E-state index contributed by atoms with van der Waals surface area (Å²) >= 11 is 0. The van der Waals surface area contributed by atoms with Crippen LogP contribution in [0.3, 0.4) is 0 Å². The first kappa shape index (κ1) is 16.7. The maximum Gasteiger partial charge on any atom is 0.246 e. The van der Waals surface area contributed by atoms with Crippen molar-refractivity contribution in [3.05, 3.63) is 54.1 Å². The molecular weight excluding hydrogens is 268 g/mol. The van der Waals surface area contributed by atoms with E-state index in [2.05, 4.69) is 0 Å². The average Bonchev–Trinajstić information content (AvgIpc) is 2.52. The van der Waals surface area contributed by atoms with Crippen LogP contribution < -0.4 is 5.48 Å². The summed E-state index contributed by atoms with van der Waals surface area (Å²) in [5.41, 5.74) is 2.63. The molecule has 0 aliphatic carbocycles. The fraction of sp³-hybridized carbons (Fsp3) is 0.250. The van der Waals surface area contributed by atoms with Crippen molar-refractivity contribution >= 4 is 17.9 Å². The van der Waals surface area contributed by atoms with Gasteiger partial charge >= 0.3 is 0 Å². The maximum atomic E-state index is 11.8. The minimum atomic E-state index is -0.447. The van der Waals surface area contributed by atoms with Gasteiger partial charge in [0.15, 0.2) is 0 Å². The van der Waals surface area contributed by atoms with E-state index in [0.717, 1.165) is 5.56 Å². The molecule has 0 bridgehead atoms. The summed E-state index contributed by atoms with van der Waals surface area (Å²) in [7, 11) is 1.67. The Morgan fingerprint density at radius 2 is 1.95 bits per heavy atom. The summed E-state index contributed by atoms with van der Waals surface area (Å²) in [5, 5.41) is 8.35. The average molecular weight is 288 g/mol. The number of nitrogens with one attached hydrogen (secondary N) is 1. The fourth-order valence-corrected chi connectivity index (χ4v) is 1.64. The highest BCUT2D eigenvalue weighted by atomic mass is 16.5. The smallest absolute Gasteiger partial charge is 0.246 e. The number of amides is 2. The number of nitrogens with zero attached hydrogens (tertiary/aromatic N) is 1. The number of hydrogen-bond acceptors (Lipinski definition) is 3. The van der Waals surface area contributed by atoms with Gasteiger partial charge in [-0.05, 0) is 12.0 Å². The molecule has 0 aliphatic rings. The van der Waals surface area contributed by atoms with Crippen molar-refractivity contribution in [1.82, 2.24) is 10.4 Å². The zero-order chi connectivity index (χ0) is 15.5. The van der Waals surface area contributed by atoms with Gasteiger partial charge in [0.2, 0.25) is 11.8 Å². The third kappa shape index (κ3) is 7.08. The van der Waals surface area contributed by atoms with Crippen LogP contribution in [0.25, 0.3) is 6.08 Å². The minimum absolute atomic E-state index is 0.128. The highest BCUT2D eigenvalue weighted by Crippen LogP contribution is 2.01. The molecule has 0 spiro atoms. The van der Waals surface area contributed by atoms with Crippen molar-refractivity contribution in [2.45, 2.75) is 12.8 Å². The summed E-state index contributed by atoms with van der Waals surface area (Å²) in [5.74, 6) is -0.575. The lowest BCUT2D eigenvalue weighted by Crippen LogP contribution is -2.27. The van der Waals surface area contributed by atoms with Crippen LogP contribution in [-0.2, 0) is 9.59 Å². The van der Waals surface area contributed by atoms with E-state index < -0.39 is 5.91 Å². The van der Waals surface area contributed by atoms with E-state index >= 15 is 0 Å². The number of benzene rings is 1. The quantitative estimate of drug-likeness (QED) is 0.349. The second kappa shape index (κ2) is 9.50. The molecule has 0 atom stereocenters. The molecule has 0 saturated carbocycles. The van der Waals surface area contributed by atoms with Gasteiger partial charge in [-0.1, -0.05) is 48.6 Å². The molecule has 0 aliphatic heterocycles. The molecule has 0 heterocycles. The van der Waals surface area contributed by atoms with Gasteiger partial charge in [-0.3, -0.25) is 14.8 Å². The maximum absolute atomic E-state index is 11.8. The third-order valence-electron chi connectivity index (χ3n) is 2.84. The van der Waals surface area contributed by atoms with Crippen LogP contribution in [0.1, 0.15) is 18.4 Å². The molecular formula is C16H20N2O3. The van der Waals surface area contributed by atoms with Crippen molar-refractivity contribution in [2.75, 3.05) is 13.6 Å². The fourth-order valence-electron chi connectivity index (χ4n) is 1.64. The molecule has 0 unspecified atom stereocenters. The lowest BCUT2D eigenvalue weighted by Gasteiger charge is -2.14. The van der Waals surface area contributed by atoms with E-state index in [1.54, 1.807) is 24.7 Å². The summed E-state index contributed by atoms with van der Waals surface area (Å²) in [6, 6.07) is 9.80. The minimum Gasteiger partial charge on any atom is -0.342 e. The van der Waals surface area contributed by atoms with Crippen LogP contribution in [0.15, 0.2) is 48.6 Å². The van der Waals surface area contributed by atoms with Crippen LogP contribution in [0.2, 0.25) is 0 Å². The molecule has 1 aromatic carbocycles. The number of likely N-dealkylation sites (N-methyl/N-ethyl adjacent to an activating group) is 1. The SMILES string of the molecule is CN(CCCC(=O)NO)C(=O)C=CC=Cc1ccccc1. The molecule has 0 saturated heterocycles. The normalized spacial score (nSPS) is 11.0. The van der Waals surface area contributed by atoms with Gasteiger partial charge < -0.3 is 4.90 Å². The Morgan fingerprint density at radius 1 is 1.24 bits per heavy atom. The summed E-state index contributed by atoms with van der Waals surface area (Å²) in [6.45, 7) is 0.457. The van der Waals surface area contributed by atoms with Gasteiger partial charge in [-0.25, -0.2) is 5.48 Å². The number of carbonyl (C=O) groups excluding carboxylic acids is 2. The number of carbonyl (C=O) groups is 2. The molecule has 2 N–H and O–H groups in total. The molecule has 0 fully saturated rings. The van der Waals surface area contributed by atoms with Gasteiger partial charge in [-0.15, -0.1) is 0 Å². The van der Waals surface area contributed by atoms with Gasteiger partial charge in [0.1, 0.15) is 0 Å². The van der Waals surface area contributed by atoms with Crippen LogP contribution in [-0.4, -0.2) is 35.5 Å². The predicted molar refractivity (Wildman–Crippen MR) is 81.4 cm³/mol. The number of hydroxylamine groups is 1. The zero-order valence-electron chi connectivity index (χ0n) is 12.0. The molecule has 21 heavy (non-hydrogen) atoms. The van der Waals surface area contributed by atoms with E-state index in [1.165, 1.54) is 11.0 Å². The van der Waals surface area contributed by atoms with Crippen molar-refractivity contribution in [1.29, 1.82) is 0 Å². The first-order valence-electron chi connectivity index (χ1n) is 6.71. The monoisotopic (exact) mass is 288 g/mol. The van der Waals surface area contributed by atoms with E-state index in [0.29, 0.717) is 13.0 Å². The second-order valence-electron chi connectivity index (χ2n) is 4.53. The van der Waals surface area contributed by atoms with Gasteiger partial charge in [0, 0.05) is 26.1 Å². The van der Waals surface area contributed by atoms with Gasteiger partial charge in [0.25, 0.3) is 0 Å². The summed E-state index contributed by atoms with van der Waals surface area (Å²) < 4.78 is 0. The molecule has 0 radical (unpaired) electrons. The first-order chi connectivity index (χ1) is 10.1. The van der Waals surface area contributed by atoms with Crippen LogP contribution in [0.4, 0.5) is 0 Å². The summed E-state index contributed by atoms with van der Waals surface area (Å²) in [4.78, 5) is 24.1. The Kier molecular flexibility index (Phi) is 7.53. The number of rotatable bonds is 7. The summed E-state index contributed by atoms with van der Waals surface area (Å²) in [6.07, 6.45) is 7.57. The van der Waals surface area contributed by atoms with E-state index in [4.69, 9.17) is 5.21 Å². The molecule has 0 aromatic heterocycles. The zero-order valence-corrected chi connectivity index (χ0v) is 12.0. The van der Waals surface area contributed by atoms with Crippen molar-refractivity contribution in [3.8, 4) is 0 Å². The van der Waals surface area contributed by atoms with E-state index in [9.17, 15) is 9.59 Å². The van der Waals surface area contributed by atoms with E-state index in [-0.39, 0.29) is 12.3 Å². The van der Waals surface area contributed by atoms with Crippen molar-refractivity contribution in [3.63, 3.8) is 0 Å². The lowest BCUT2D eigenvalue weighted by molar-refractivity contribution is -0.130. The third-order valence-corrected chi connectivity index (χ3v) is 2.84. The van der Waals surface area contributed by atoms with Gasteiger partial charge in [0.05, 0.1) is 0 Å². The van der Waals surface area contributed by atoms with Gasteiger partial charge in [-0.2, -0.15) is 0 Å². The predicted octanol–water partition coefficient (Wildman–Crippen LogP) is 2.00. The second-order valence-corrected chi connectivity index (χ2v) is 4.53. The first-order valence-corrected chi connectivity index (χ1v) is 6.71. The molecule has 112 valence electrons. The molecule has 5 nitrogen and oxygen atoms in total. The van der Waals surface area contributed by atoms with Crippen molar-refractivity contribution < 1.29 is 14.8 Å². The lowest BCUT2D eigenvalue weighted by atomic mass is 10.2. The van der Waals surface area contributed by atoms with E-state index in [1.807, 2.05) is 36.4 Å². The number of allylic oxidation sites excluding steroid dienone is 2. The van der Waals surface area contributed by atoms with Crippen molar-refractivity contribution in [2.24, 2.45) is 0 Å². The Bertz CT molecular complexity index is 510. The standard InChI is InChI=1S/C16H20N2O3/c1-18(13-7-11-15(19)17-21)16(20)12-6-5-10-14-8-3-2-4-9-14/h2-6,8-10,12,21H,7,11,13H2,1H3,(H,17,19). The Labute approximate surface area is 124 Å². The molecule has 5 heteroatoms. The largest absolute Gasteiger partial charge is 0.342 e. The molecule has 2 amide bonds.